The summed E-state index contributed by atoms with van der Waals surface area (Å²) >= 11 is 1.25. The van der Waals surface area contributed by atoms with Gasteiger partial charge in [-0.05, 0) is 12.1 Å². The number of aliphatic imine (C=N–C) groups is 1. The van der Waals surface area contributed by atoms with Crippen LogP contribution in [0.1, 0.15) is 13.8 Å². The number of carbonyl (C=O) groups is 1. The summed E-state index contributed by atoms with van der Waals surface area (Å²) in [6.45, 7) is 3.48. The number of para-hydroxylation sites is 1. The Bertz CT molecular complexity index is 777. The Labute approximate surface area is 138 Å². The van der Waals surface area contributed by atoms with E-state index >= 15 is 0 Å². The number of amides is 1. The summed E-state index contributed by atoms with van der Waals surface area (Å²) in [5, 5.41) is 0.164. The predicted molar refractivity (Wildman–Crippen MR) is 90.0 cm³/mol. The number of fused-ring (bicyclic) bond motifs is 1. The van der Waals surface area contributed by atoms with Crippen molar-refractivity contribution in [1.29, 1.82) is 0 Å². The predicted octanol–water partition coefficient (Wildman–Crippen LogP) is 2.08. The van der Waals surface area contributed by atoms with Gasteiger partial charge in [0.15, 0.2) is 15.0 Å². The van der Waals surface area contributed by atoms with Gasteiger partial charge >= 0.3 is 0 Å². The Morgan fingerprint density at radius 1 is 1.35 bits per heavy atom. The van der Waals surface area contributed by atoms with E-state index in [1.165, 1.54) is 17.8 Å². The van der Waals surface area contributed by atoms with E-state index in [1.54, 1.807) is 36.9 Å². The molecule has 8 heteroatoms. The fraction of sp³-hybridized carbons (Fsp3) is 0.467. The van der Waals surface area contributed by atoms with Crippen LogP contribution in [-0.4, -0.2) is 42.3 Å². The average molecular weight is 356 g/mol. The number of rotatable bonds is 2. The third-order valence-corrected chi connectivity index (χ3v) is 7.09. The van der Waals surface area contributed by atoms with E-state index in [0.29, 0.717) is 5.17 Å². The average Bonchev–Trinajstić information content (AvgIpc) is 2.91. The second kappa shape index (κ2) is 5.90. The summed E-state index contributed by atoms with van der Waals surface area (Å²) in [5.41, 5.74) is 0.264. The lowest BCUT2D eigenvalue weighted by Crippen LogP contribution is -2.38. The summed E-state index contributed by atoms with van der Waals surface area (Å²) in [5.74, 6) is -1.04. The molecule has 0 aromatic heterocycles. The van der Waals surface area contributed by atoms with Gasteiger partial charge < -0.3 is 4.90 Å². The van der Waals surface area contributed by atoms with Crippen LogP contribution in [0.4, 0.5) is 10.1 Å². The quantitative estimate of drug-likeness (QED) is 0.812. The Balaban J connectivity index is 2.05. The molecule has 0 bridgehead atoms. The third-order valence-electron chi connectivity index (χ3n) is 3.88. The van der Waals surface area contributed by atoms with Gasteiger partial charge in [-0.25, -0.2) is 12.8 Å². The Morgan fingerprint density at radius 2 is 2.04 bits per heavy atom. The van der Waals surface area contributed by atoms with Crippen molar-refractivity contribution in [3.05, 3.63) is 30.1 Å². The minimum absolute atomic E-state index is 0.0299. The number of sulfone groups is 1. The van der Waals surface area contributed by atoms with Crippen molar-refractivity contribution in [2.45, 2.75) is 25.1 Å². The van der Waals surface area contributed by atoms with Crippen molar-refractivity contribution in [3.63, 3.8) is 0 Å². The number of halogens is 1. The third kappa shape index (κ3) is 3.14. The van der Waals surface area contributed by atoms with E-state index in [2.05, 4.69) is 4.99 Å². The number of benzene rings is 1. The molecular weight excluding hydrogens is 339 g/mol. The first-order valence-corrected chi connectivity index (χ1v) is 10.0. The first-order valence-electron chi connectivity index (χ1n) is 7.32. The van der Waals surface area contributed by atoms with Gasteiger partial charge in [-0.1, -0.05) is 37.7 Å². The molecule has 0 saturated carbocycles. The van der Waals surface area contributed by atoms with Crippen LogP contribution in [-0.2, 0) is 14.6 Å². The molecule has 1 aromatic rings. The molecule has 2 aliphatic heterocycles. The zero-order valence-corrected chi connectivity index (χ0v) is 14.4. The molecule has 2 aliphatic rings. The number of amidine groups is 1. The molecule has 5 nitrogen and oxygen atoms in total. The van der Waals surface area contributed by atoms with E-state index in [-0.39, 0.29) is 40.3 Å². The molecule has 0 N–H and O–H groups in total. The Kier molecular flexibility index (Phi) is 4.22. The minimum Gasteiger partial charge on any atom is -0.313 e. The summed E-state index contributed by atoms with van der Waals surface area (Å²) in [6.07, 6.45) is 0. The van der Waals surface area contributed by atoms with Crippen molar-refractivity contribution in [1.82, 2.24) is 0 Å². The molecule has 0 spiro atoms. The molecule has 1 amide bonds. The number of thioether (sulfide) groups is 1. The Hall–Kier alpha value is -1.41. The largest absolute Gasteiger partial charge is 0.313 e. The number of carbonyl (C=O) groups excluding carboxylic acids is 1. The topological polar surface area (TPSA) is 66.8 Å². The number of hydrogen-bond acceptors (Lipinski definition) is 4. The fourth-order valence-corrected chi connectivity index (χ4v) is 6.63. The highest BCUT2D eigenvalue weighted by molar-refractivity contribution is 8.16. The first-order chi connectivity index (χ1) is 10.8. The molecule has 0 radical (unpaired) electrons. The van der Waals surface area contributed by atoms with Gasteiger partial charge in [0.2, 0.25) is 0 Å². The number of anilines is 1. The standard InChI is InChI=1S/C15H17FN2O3S2/c1-9(2)14(19)17-15-18(11-6-4-3-5-10(11)16)12-7-23(20,21)8-13(12)22-15/h3-6,9,12-13H,7-8H2,1-2H3/t12-,13-/m1/s1. The zero-order chi connectivity index (χ0) is 16.8. The van der Waals surface area contributed by atoms with Crippen LogP contribution in [0.5, 0.6) is 0 Å². The molecule has 0 aliphatic carbocycles. The smallest absolute Gasteiger partial charge is 0.250 e. The monoisotopic (exact) mass is 356 g/mol. The molecule has 124 valence electrons. The second-order valence-electron chi connectivity index (χ2n) is 6.01. The van der Waals surface area contributed by atoms with Gasteiger partial charge in [-0.3, -0.25) is 4.79 Å². The first kappa shape index (κ1) is 16.4. The van der Waals surface area contributed by atoms with Gasteiger partial charge in [-0.15, -0.1) is 0 Å². The van der Waals surface area contributed by atoms with Gasteiger partial charge in [0.1, 0.15) is 5.82 Å². The van der Waals surface area contributed by atoms with E-state index in [1.807, 2.05) is 0 Å². The van der Waals surface area contributed by atoms with E-state index in [0.717, 1.165) is 0 Å². The maximum absolute atomic E-state index is 14.2. The minimum atomic E-state index is -3.15. The van der Waals surface area contributed by atoms with Crippen LogP contribution in [0, 0.1) is 11.7 Å². The molecule has 1 aromatic carbocycles. The molecule has 3 rings (SSSR count). The van der Waals surface area contributed by atoms with E-state index in [4.69, 9.17) is 0 Å². The van der Waals surface area contributed by atoms with Crippen LogP contribution in [0.15, 0.2) is 29.3 Å². The van der Waals surface area contributed by atoms with Gasteiger partial charge in [-0.2, -0.15) is 4.99 Å². The molecular formula is C15H17FN2O3S2. The maximum Gasteiger partial charge on any atom is 0.250 e. The summed E-state index contributed by atoms with van der Waals surface area (Å²) in [4.78, 5) is 17.7. The van der Waals surface area contributed by atoms with Gasteiger partial charge in [0, 0.05) is 11.2 Å². The molecule has 2 atom stereocenters. The number of nitrogens with zero attached hydrogens (tertiary/aromatic N) is 2. The van der Waals surface area contributed by atoms with Crippen LogP contribution >= 0.6 is 11.8 Å². The second-order valence-corrected chi connectivity index (χ2v) is 9.37. The maximum atomic E-state index is 14.2. The molecule has 2 saturated heterocycles. The number of hydrogen-bond donors (Lipinski definition) is 0. The summed E-state index contributed by atoms with van der Waals surface area (Å²) in [6, 6.07) is 5.76. The summed E-state index contributed by atoms with van der Waals surface area (Å²) in [7, 11) is -3.15. The van der Waals surface area contributed by atoms with Crippen molar-refractivity contribution in [2.24, 2.45) is 10.9 Å². The van der Waals surface area contributed by atoms with Crippen LogP contribution in [0.25, 0.3) is 0 Å². The molecule has 2 heterocycles. The van der Waals surface area contributed by atoms with Gasteiger partial charge in [0.05, 0.1) is 23.2 Å². The Morgan fingerprint density at radius 3 is 2.70 bits per heavy atom. The lowest BCUT2D eigenvalue weighted by Gasteiger charge is -2.24. The fourth-order valence-electron chi connectivity index (χ4n) is 2.72. The summed E-state index contributed by atoms with van der Waals surface area (Å²) < 4.78 is 38.0. The van der Waals surface area contributed by atoms with Crippen molar-refractivity contribution in [3.8, 4) is 0 Å². The van der Waals surface area contributed by atoms with Crippen molar-refractivity contribution >= 4 is 38.4 Å². The van der Waals surface area contributed by atoms with Crippen molar-refractivity contribution < 1.29 is 17.6 Å². The van der Waals surface area contributed by atoms with Crippen LogP contribution in [0.3, 0.4) is 0 Å². The van der Waals surface area contributed by atoms with Crippen LogP contribution in [0.2, 0.25) is 0 Å². The highest BCUT2D eigenvalue weighted by Crippen LogP contribution is 2.41. The van der Waals surface area contributed by atoms with Crippen molar-refractivity contribution in [2.75, 3.05) is 16.4 Å². The van der Waals surface area contributed by atoms with Crippen LogP contribution < -0.4 is 4.90 Å². The SMILES string of the molecule is CC(C)C(=O)N=C1S[C@@H]2CS(=O)(=O)C[C@H]2N1c1ccccc1F. The van der Waals surface area contributed by atoms with E-state index in [9.17, 15) is 17.6 Å². The van der Waals surface area contributed by atoms with E-state index < -0.39 is 15.7 Å². The highest BCUT2D eigenvalue weighted by Gasteiger charge is 2.49. The molecule has 0 unspecified atom stereocenters. The van der Waals surface area contributed by atoms with Gasteiger partial charge in [0.25, 0.3) is 5.91 Å². The highest BCUT2D eigenvalue weighted by atomic mass is 32.2. The lowest BCUT2D eigenvalue weighted by molar-refractivity contribution is -0.120. The normalized spacial score (nSPS) is 27.7. The zero-order valence-electron chi connectivity index (χ0n) is 12.8. The lowest BCUT2D eigenvalue weighted by atomic mass is 10.2. The molecule has 2 fully saturated rings. The molecule has 23 heavy (non-hydrogen) atoms.